The van der Waals surface area contributed by atoms with E-state index in [9.17, 15) is 0 Å². The van der Waals surface area contributed by atoms with Gasteiger partial charge in [-0.3, -0.25) is 0 Å². The quantitative estimate of drug-likeness (QED) is 0.667. The van der Waals surface area contributed by atoms with Crippen molar-refractivity contribution in [2.24, 2.45) is 0 Å². The number of piperazine rings is 1. The third-order valence-corrected chi connectivity index (χ3v) is 4.41. The van der Waals surface area contributed by atoms with Gasteiger partial charge < -0.3 is 10.2 Å². The summed E-state index contributed by atoms with van der Waals surface area (Å²) in [5.74, 6) is 1.80. The molecule has 1 saturated carbocycles. The van der Waals surface area contributed by atoms with Crippen LogP contribution >= 0.6 is 11.8 Å². The van der Waals surface area contributed by atoms with Crippen LogP contribution in [0.15, 0.2) is 11.2 Å². The van der Waals surface area contributed by atoms with Crippen molar-refractivity contribution in [3.05, 3.63) is 11.8 Å². The van der Waals surface area contributed by atoms with Crippen molar-refractivity contribution in [2.45, 2.75) is 30.3 Å². The first-order chi connectivity index (χ1) is 8.86. The normalized spacial score (nSPS) is 20.8. The van der Waals surface area contributed by atoms with Gasteiger partial charge in [0, 0.05) is 38.2 Å². The van der Waals surface area contributed by atoms with Crippen molar-refractivity contribution in [2.75, 3.05) is 37.3 Å². The van der Waals surface area contributed by atoms with E-state index >= 15 is 0 Å². The Labute approximate surface area is 113 Å². The SMILES string of the molecule is CSc1nc(C2CCC2)cc(N2CCNCC2)n1. The lowest BCUT2D eigenvalue weighted by Crippen LogP contribution is -2.44. The number of anilines is 1. The van der Waals surface area contributed by atoms with Gasteiger partial charge in [0.15, 0.2) is 5.16 Å². The molecule has 1 aliphatic carbocycles. The molecule has 1 saturated heterocycles. The van der Waals surface area contributed by atoms with Gasteiger partial charge >= 0.3 is 0 Å². The molecular weight excluding hydrogens is 244 g/mol. The third kappa shape index (κ3) is 2.47. The number of rotatable bonds is 3. The summed E-state index contributed by atoms with van der Waals surface area (Å²) in [7, 11) is 0. The zero-order valence-corrected chi connectivity index (χ0v) is 11.7. The Morgan fingerprint density at radius 2 is 2.06 bits per heavy atom. The Balaban J connectivity index is 1.86. The maximum Gasteiger partial charge on any atom is 0.189 e. The van der Waals surface area contributed by atoms with E-state index < -0.39 is 0 Å². The van der Waals surface area contributed by atoms with E-state index in [1.165, 1.54) is 25.0 Å². The molecule has 18 heavy (non-hydrogen) atoms. The monoisotopic (exact) mass is 264 g/mol. The molecule has 2 aliphatic rings. The van der Waals surface area contributed by atoms with Crippen LogP contribution in [0.3, 0.4) is 0 Å². The van der Waals surface area contributed by atoms with Crippen LogP contribution in [0.1, 0.15) is 30.9 Å². The molecule has 4 nitrogen and oxygen atoms in total. The van der Waals surface area contributed by atoms with Gasteiger partial charge in [0.25, 0.3) is 0 Å². The fourth-order valence-electron chi connectivity index (χ4n) is 2.49. The highest BCUT2D eigenvalue weighted by molar-refractivity contribution is 7.98. The van der Waals surface area contributed by atoms with Gasteiger partial charge in [-0.1, -0.05) is 18.2 Å². The molecule has 0 bridgehead atoms. The molecule has 5 heteroatoms. The summed E-state index contributed by atoms with van der Waals surface area (Å²) in [6.45, 7) is 4.21. The van der Waals surface area contributed by atoms with E-state index in [1.807, 2.05) is 0 Å². The Bertz CT molecular complexity index is 413. The van der Waals surface area contributed by atoms with Gasteiger partial charge in [-0.15, -0.1) is 0 Å². The van der Waals surface area contributed by atoms with Crippen LogP contribution in [0.4, 0.5) is 5.82 Å². The second kappa shape index (κ2) is 5.45. The summed E-state index contributed by atoms with van der Waals surface area (Å²) in [5, 5.41) is 4.31. The number of hydrogen-bond acceptors (Lipinski definition) is 5. The minimum Gasteiger partial charge on any atom is -0.354 e. The summed E-state index contributed by atoms with van der Waals surface area (Å²) < 4.78 is 0. The molecule has 1 aromatic rings. The van der Waals surface area contributed by atoms with Crippen molar-refractivity contribution < 1.29 is 0 Å². The molecule has 98 valence electrons. The zero-order chi connectivity index (χ0) is 12.4. The average molecular weight is 264 g/mol. The predicted octanol–water partition coefficient (Wildman–Crippen LogP) is 1.88. The molecular formula is C13H20N4S. The lowest BCUT2D eigenvalue weighted by Gasteiger charge is -2.30. The van der Waals surface area contributed by atoms with Gasteiger partial charge in [-0.2, -0.15) is 0 Å². The van der Waals surface area contributed by atoms with Crippen molar-refractivity contribution in [3.8, 4) is 0 Å². The van der Waals surface area contributed by atoms with Crippen LogP contribution in [0.25, 0.3) is 0 Å². The third-order valence-electron chi connectivity index (χ3n) is 3.86. The largest absolute Gasteiger partial charge is 0.354 e. The van der Waals surface area contributed by atoms with Crippen molar-refractivity contribution in [1.29, 1.82) is 0 Å². The van der Waals surface area contributed by atoms with Crippen LogP contribution in [-0.2, 0) is 0 Å². The maximum absolute atomic E-state index is 4.68. The summed E-state index contributed by atoms with van der Waals surface area (Å²) in [4.78, 5) is 11.7. The highest BCUT2D eigenvalue weighted by Crippen LogP contribution is 2.36. The first-order valence-electron chi connectivity index (χ1n) is 6.75. The van der Waals surface area contributed by atoms with Crippen LogP contribution in [-0.4, -0.2) is 42.4 Å². The van der Waals surface area contributed by atoms with Crippen LogP contribution in [0.2, 0.25) is 0 Å². The Morgan fingerprint density at radius 1 is 1.28 bits per heavy atom. The number of thioether (sulfide) groups is 1. The van der Waals surface area contributed by atoms with E-state index in [0.717, 1.165) is 37.2 Å². The van der Waals surface area contributed by atoms with E-state index in [4.69, 9.17) is 0 Å². The molecule has 0 aromatic carbocycles. The lowest BCUT2D eigenvalue weighted by atomic mass is 9.83. The summed E-state index contributed by atoms with van der Waals surface area (Å²) in [5.41, 5.74) is 1.26. The molecule has 0 spiro atoms. The topological polar surface area (TPSA) is 41.1 Å². The van der Waals surface area contributed by atoms with Crippen LogP contribution in [0.5, 0.6) is 0 Å². The fourth-order valence-corrected chi connectivity index (χ4v) is 2.87. The molecule has 1 aromatic heterocycles. The van der Waals surface area contributed by atoms with E-state index in [-0.39, 0.29) is 0 Å². The second-order valence-electron chi connectivity index (χ2n) is 5.00. The minimum absolute atomic E-state index is 0.681. The average Bonchev–Trinajstić information content (AvgIpc) is 2.37. The number of nitrogens with zero attached hydrogens (tertiary/aromatic N) is 3. The van der Waals surface area contributed by atoms with Crippen LogP contribution in [0, 0.1) is 0 Å². The summed E-state index contributed by atoms with van der Waals surface area (Å²) in [6.07, 6.45) is 6.01. The number of nitrogens with one attached hydrogen (secondary N) is 1. The molecule has 3 rings (SSSR count). The molecule has 0 atom stereocenters. The predicted molar refractivity (Wildman–Crippen MR) is 75.5 cm³/mol. The Hall–Kier alpha value is -0.810. The van der Waals surface area contributed by atoms with E-state index in [1.54, 1.807) is 11.8 Å². The molecule has 1 N–H and O–H groups in total. The molecule has 2 heterocycles. The van der Waals surface area contributed by atoms with Gasteiger partial charge in [0.2, 0.25) is 0 Å². The molecule has 0 amide bonds. The zero-order valence-electron chi connectivity index (χ0n) is 10.9. The van der Waals surface area contributed by atoms with Crippen molar-refractivity contribution in [1.82, 2.24) is 15.3 Å². The number of hydrogen-bond donors (Lipinski definition) is 1. The summed E-state index contributed by atoms with van der Waals surface area (Å²) in [6, 6.07) is 2.22. The van der Waals surface area contributed by atoms with Gasteiger partial charge in [0.05, 0.1) is 5.69 Å². The van der Waals surface area contributed by atoms with Crippen molar-refractivity contribution >= 4 is 17.6 Å². The van der Waals surface area contributed by atoms with Crippen molar-refractivity contribution in [3.63, 3.8) is 0 Å². The highest BCUT2D eigenvalue weighted by atomic mass is 32.2. The first kappa shape index (κ1) is 12.2. The highest BCUT2D eigenvalue weighted by Gasteiger charge is 2.23. The van der Waals surface area contributed by atoms with E-state index in [2.05, 4.69) is 32.5 Å². The first-order valence-corrected chi connectivity index (χ1v) is 7.98. The van der Waals surface area contributed by atoms with Crippen LogP contribution < -0.4 is 10.2 Å². The lowest BCUT2D eigenvalue weighted by molar-refractivity contribution is 0.408. The van der Waals surface area contributed by atoms with Gasteiger partial charge in [-0.05, 0) is 19.1 Å². The summed E-state index contributed by atoms with van der Waals surface area (Å²) >= 11 is 1.65. The Kier molecular flexibility index (Phi) is 3.70. The van der Waals surface area contributed by atoms with Gasteiger partial charge in [0.1, 0.15) is 5.82 Å². The molecule has 0 radical (unpaired) electrons. The standard InChI is InChI=1S/C13H20N4S/c1-18-13-15-11(10-3-2-4-10)9-12(16-13)17-7-5-14-6-8-17/h9-10,14H,2-8H2,1H3. The number of aromatic nitrogens is 2. The fraction of sp³-hybridized carbons (Fsp3) is 0.692. The smallest absolute Gasteiger partial charge is 0.189 e. The maximum atomic E-state index is 4.68. The molecule has 1 aliphatic heterocycles. The molecule has 2 fully saturated rings. The van der Waals surface area contributed by atoms with E-state index in [0.29, 0.717) is 5.92 Å². The minimum atomic E-state index is 0.681. The second-order valence-corrected chi connectivity index (χ2v) is 5.78. The van der Waals surface area contributed by atoms with Gasteiger partial charge in [-0.25, -0.2) is 9.97 Å². The Morgan fingerprint density at radius 3 is 2.67 bits per heavy atom. The molecule has 0 unspecified atom stereocenters.